The van der Waals surface area contributed by atoms with Crippen LogP contribution in [0.2, 0.25) is 0 Å². The van der Waals surface area contributed by atoms with Crippen molar-refractivity contribution >= 4 is 5.91 Å². The minimum Gasteiger partial charge on any atom is -0.482 e. The van der Waals surface area contributed by atoms with Crippen LogP contribution in [0.5, 0.6) is 5.75 Å². The molecule has 0 unspecified atom stereocenters. The summed E-state index contributed by atoms with van der Waals surface area (Å²) in [6.45, 7) is 0.466. The second-order valence-corrected chi connectivity index (χ2v) is 4.07. The van der Waals surface area contributed by atoms with Crippen molar-refractivity contribution in [2.75, 3.05) is 6.61 Å². The number of hydrogen-bond acceptors (Lipinski definition) is 3. The quantitative estimate of drug-likeness (QED) is 0.826. The van der Waals surface area contributed by atoms with E-state index in [1.54, 1.807) is 0 Å². The number of carbonyl (C=O) groups is 1. The van der Waals surface area contributed by atoms with Crippen LogP contribution in [0.25, 0.3) is 11.3 Å². The number of aromatic nitrogens is 1. The maximum absolute atomic E-state index is 11.2. The Hall–Kier alpha value is -2.36. The smallest absolute Gasteiger partial charge is 0.258 e. The Bertz CT molecular complexity index is 582. The van der Waals surface area contributed by atoms with Crippen molar-refractivity contribution < 1.29 is 9.53 Å². The van der Waals surface area contributed by atoms with E-state index in [-0.39, 0.29) is 12.5 Å². The topological polar surface area (TPSA) is 51.2 Å². The molecule has 4 nitrogen and oxygen atoms in total. The van der Waals surface area contributed by atoms with Crippen LogP contribution >= 0.6 is 0 Å². The minimum atomic E-state index is -0.116. The molecule has 2 aromatic rings. The zero-order valence-electron chi connectivity index (χ0n) is 9.72. The molecule has 1 aliphatic rings. The van der Waals surface area contributed by atoms with Gasteiger partial charge in [-0.15, -0.1) is 0 Å². The second kappa shape index (κ2) is 4.49. The van der Waals surface area contributed by atoms with Crippen molar-refractivity contribution in [3.8, 4) is 17.0 Å². The minimum absolute atomic E-state index is 0.0549. The number of rotatable bonds is 1. The maximum Gasteiger partial charge on any atom is 0.258 e. The van der Waals surface area contributed by atoms with Crippen LogP contribution in [0.3, 0.4) is 0 Å². The second-order valence-electron chi connectivity index (χ2n) is 4.07. The zero-order valence-corrected chi connectivity index (χ0v) is 9.72. The fraction of sp³-hybridized carbons (Fsp3) is 0.143. The molecule has 1 aromatic heterocycles. The molecule has 0 atom stereocenters. The predicted octanol–water partition coefficient (Wildman–Crippen LogP) is 1.76. The van der Waals surface area contributed by atoms with Crippen molar-refractivity contribution in [2.24, 2.45) is 0 Å². The summed E-state index contributed by atoms with van der Waals surface area (Å²) in [5.41, 5.74) is 2.70. The summed E-state index contributed by atoms with van der Waals surface area (Å²) in [6.07, 6.45) is 0. The molecule has 3 rings (SSSR count). The zero-order chi connectivity index (χ0) is 12.4. The summed E-state index contributed by atoms with van der Waals surface area (Å²) in [7, 11) is 0. The van der Waals surface area contributed by atoms with Crippen LogP contribution in [0, 0.1) is 0 Å². The molecule has 1 N–H and O–H groups in total. The highest BCUT2D eigenvalue weighted by molar-refractivity contribution is 5.78. The van der Waals surface area contributed by atoms with Crippen LogP contribution in [-0.4, -0.2) is 17.5 Å². The van der Waals surface area contributed by atoms with Crippen LogP contribution in [0.1, 0.15) is 5.69 Å². The van der Waals surface area contributed by atoms with Gasteiger partial charge in [0.1, 0.15) is 11.4 Å². The number of ether oxygens (including phenoxy) is 1. The lowest BCUT2D eigenvalue weighted by atomic mass is 10.1. The van der Waals surface area contributed by atoms with Gasteiger partial charge in [-0.2, -0.15) is 0 Å². The molecule has 0 radical (unpaired) electrons. The normalized spacial score (nSPS) is 14.1. The summed E-state index contributed by atoms with van der Waals surface area (Å²) in [4.78, 5) is 15.8. The van der Waals surface area contributed by atoms with E-state index in [1.807, 2.05) is 42.5 Å². The third-order valence-electron chi connectivity index (χ3n) is 2.81. The Labute approximate surface area is 105 Å². The van der Waals surface area contributed by atoms with Crippen molar-refractivity contribution in [3.05, 3.63) is 48.2 Å². The Morgan fingerprint density at radius 3 is 2.78 bits per heavy atom. The molecule has 1 aromatic carbocycles. The first-order valence-corrected chi connectivity index (χ1v) is 5.78. The van der Waals surface area contributed by atoms with Crippen molar-refractivity contribution in [3.63, 3.8) is 0 Å². The van der Waals surface area contributed by atoms with Crippen molar-refractivity contribution in [1.29, 1.82) is 0 Å². The monoisotopic (exact) mass is 240 g/mol. The molecule has 2 heterocycles. The number of nitrogens with zero attached hydrogens (tertiary/aromatic N) is 1. The third kappa shape index (κ3) is 2.05. The van der Waals surface area contributed by atoms with Gasteiger partial charge in [-0.3, -0.25) is 4.79 Å². The van der Waals surface area contributed by atoms with Gasteiger partial charge in [0.2, 0.25) is 0 Å². The Kier molecular flexibility index (Phi) is 2.68. The standard InChI is InChI=1S/C14H12N2O2/c17-14-9-18-13-7-6-11(16-12(13)8-15-14)10-4-2-1-3-5-10/h1-7H,8-9H2,(H,15,17). The first-order valence-electron chi connectivity index (χ1n) is 5.78. The van der Waals surface area contributed by atoms with E-state index >= 15 is 0 Å². The Morgan fingerprint density at radius 1 is 1.11 bits per heavy atom. The summed E-state index contributed by atoms with van der Waals surface area (Å²) < 4.78 is 5.38. The van der Waals surface area contributed by atoms with Gasteiger partial charge in [0, 0.05) is 5.56 Å². The lowest BCUT2D eigenvalue weighted by molar-refractivity contribution is -0.122. The fourth-order valence-corrected chi connectivity index (χ4v) is 1.89. The van der Waals surface area contributed by atoms with E-state index in [2.05, 4.69) is 10.3 Å². The van der Waals surface area contributed by atoms with Gasteiger partial charge < -0.3 is 10.1 Å². The molecular formula is C14H12N2O2. The largest absolute Gasteiger partial charge is 0.482 e. The van der Waals surface area contributed by atoms with Gasteiger partial charge in [-0.05, 0) is 12.1 Å². The van der Waals surface area contributed by atoms with E-state index in [0.29, 0.717) is 12.3 Å². The van der Waals surface area contributed by atoms with Gasteiger partial charge in [0.15, 0.2) is 6.61 Å². The molecule has 0 spiro atoms. The summed E-state index contributed by atoms with van der Waals surface area (Å²) in [6, 6.07) is 13.7. The Balaban J connectivity index is 1.99. The number of carbonyl (C=O) groups excluding carboxylic acids is 1. The molecule has 0 saturated heterocycles. The number of pyridine rings is 1. The summed E-state index contributed by atoms with van der Waals surface area (Å²) in [5, 5.41) is 2.75. The highest BCUT2D eigenvalue weighted by atomic mass is 16.5. The number of hydrogen-bond donors (Lipinski definition) is 1. The van der Waals surface area contributed by atoms with Crippen LogP contribution in [0.4, 0.5) is 0 Å². The number of amides is 1. The molecule has 0 fully saturated rings. The SMILES string of the molecule is O=C1COc2ccc(-c3ccccc3)nc2CN1. The first-order chi connectivity index (χ1) is 8.83. The maximum atomic E-state index is 11.2. The predicted molar refractivity (Wildman–Crippen MR) is 67.0 cm³/mol. The van der Waals surface area contributed by atoms with Gasteiger partial charge >= 0.3 is 0 Å². The molecule has 4 heteroatoms. The van der Waals surface area contributed by atoms with Crippen molar-refractivity contribution in [1.82, 2.24) is 10.3 Å². The first kappa shape index (κ1) is 10.8. The summed E-state index contributed by atoms with van der Waals surface area (Å²) >= 11 is 0. The molecule has 18 heavy (non-hydrogen) atoms. The van der Waals surface area contributed by atoms with E-state index in [0.717, 1.165) is 17.0 Å². The van der Waals surface area contributed by atoms with Crippen LogP contribution < -0.4 is 10.1 Å². The third-order valence-corrected chi connectivity index (χ3v) is 2.81. The fourth-order valence-electron chi connectivity index (χ4n) is 1.89. The van der Waals surface area contributed by atoms with Gasteiger partial charge in [-0.1, -0.05) is 30.3 Å². The summed E-state index contributed by atoms with van der Waals surface area (Å²) in [5.74, 6) is 0.558. The van der Waals surface area contributed by atoms with Gasteiger partial charge in [0.05, 0.1) is 12.2 Å². The number of benzene rings is 1. The number of fused-ring (bicyclic) bond motifs is 1. The van der Waals surface area contributed by atoms with E-state index in [4.69, 9.17) is 4.74 Å². The average Bonchev–Trinajstić information content (AvgIpc) is 2.62. The van der Waals surface area contributed by atoms with Gasteiger partial charge in [0.25, 0.3) is 5.91 Å². The van der Waals surface area contributed by atoms with E-state index in [1.165, 1.54) is 0 Å². The molecule has 1 amide bonds. The molecule has 0 bridgehead atoms. The Morgan fingerprint density at radius 2 is 1.94 bits per heavy atom. The molecule has 90 valence electrons. The van der Waals surface area contributed by atoms with Gasteiger partial charge in [-0.25, -0.2) is 4.98 Å². The molecule has 0 aliphatic carbocycles. The van der Waals surface area contributed by atoms with Crippen LogP contribution in [0.15, 0.2) is 42.5 Å². The van der Waals surface area contributed by atoms with E-state index in [9.17, 15) is 4.79 Å². The molecular weight excluding hydrogens is 228 g/mol. The highest BCUT2D eigenvalue weighted by Crippen LogP contribution is 2.24. The van der Waals surface area contributed by atoms with E-state index < -0.39 is 0 Å². The lowest BCUT2D eigenvalue weighted by Gasteiger charge is -2.07. The number of nitrogens with one attached hydrogen (secondary N) is 1. The molecule has 0 saturated carbocycles. The lowest BCUT2D eigenvalue weighted by Crippen LogP contribution is -2.25. The highest BCUT2D eigenvalue weighted by Gasteiger charge is 2.15. The van der Waals surface area contributed by atoms with Crippen molar-refractivity contribution in [2.45, 2.75) is 6.54 Å². The van der Waals surface area contributed by atoms with Crippen LogP contribution in [-0.2, 0) is 11.3 Å². The average molecular weight is 240 g/mol. The molecule has 1 aliphatic heterocycles.